The molecule has 3 heteroatoms. The van der Waals surface area contributed by atoms with E-state index in [2.05, 4.69) is 26.0 Å². The Bertz CT molecular complexity index is 566. The number of hydrogen-bond acceptors (Lipinski definition) is 3. The molecule has 0 saturated heterocycles. The summed E-state index contributed by atoms with van der Waals surface area (Å²) >= 11 is 1.64. The molecule has 0 unspecified atom stereocenters. The van der Waals surface area contributed by atoms with E-state index in [-0.39, 0.29) is 0 Å². The molecule has 18 heavy (non-hydrogen) atoms. The number of aryl methyl sites for hydroxylation is 2. The molecule has 0 heterocycles. The minimum atomic E-state index is 0.794. The molecule has 0 bridgehead atoms. The molecule has 0 amide bonds. The molecular formula is C15H17NOS. The first-order valence-corrected chi connectivity index (χ1v) is 6.61. The molecule has 2 nitrogen and oxygen atoms in total. The number of para-hydroxylation sites is 1. The standard InChI is InChI=1S/C15H17NOS/c1-10-8-13(17-3)15(9-11(10)2)18-14-7-5-4-6-12(14)16/h4-9H,16H2,1-3H3. The monoisotopic (exact) mass is 259 g/mol. The van der Waals surface area contributed by atoms with Crippen LogP contribution in [0.1, 0.15) is 11.1 Å². The second kappa shape index (κ2) is 5.36. The van der Waals surface area contributed by atoms with Crippen molar-refractivity contribution in [1.29, 1.82) is 0 Å². The van der Waals surface area contributed by atoms with Crippen molar-refractivity contribution in [3.63, 3.8) is 0 Å². The lowest BCUT2D eigenvalue weighted by molar-refractivity contribution is 0.404. The molecule has 2 N–H and O–H groups in total. The van der Waals surface area contributed by atoms with E-state index < -0.39 is 0 Å². The van der Waals surface area contributed by atoms with Crippen LogP contribution >= 0.6 is 11.8 Å². The molecule has 0 saturated carbocycles. The summed E-state index contributed by atoms with van der Waals surface area (Å²) in [5.41, 5.74) is 9.25. The summed E-state index contributed by atoms with van der Waals surface area (Å²) in [6.07, 6.45) is 0. The zero-order valence-corrected chi connectivity index (χ0v) is 11.7. The zero-order chi connectivity index (χ0) is 13.1. The van der Waals surface area contributed by atoms with Gasteiger partial charge in [-0.3, -0.25) is 0 Å². The van der Waals surface area contributed by atoms with E-state index in [4.69, 9.17) is 10.5 Å². The smallest absolute Gasteiger partial charge is 0.133 e. The van der Waals surface area contributed by atoms with E-state index in [9.17, 15) is 0 Å². The van der Waals surface area contributed by atoms with Crippen molar-refractivity contribution in [3.05, 3.63) is 47.5 Å². The summed E-state index contributed by atoms with van der Waals surface area (Å²) in [4.78, 5) is 2.15. The Hall–Kier alpha value is -1.61. The van der Waals surface area contributed by atoms with Crippen LogP contribution < -0.4 is 10.5 Å². The Morgan fingerprint density at radius 2 is 1.67 bits per heavy atom. The van der Waals surface area contributed by atoms with Gasteiger partial charge in [-0.05, 0) is 49.2 Å². The molecule has 2 aromatic rings. The summed E-state index contributed by atoms with van der Waals surface area (Å²) in [6, 6.07) is 12.1. The van der Waals surface area contributed by atoms with Crippen LogP contribution in [0.15, 0.2) is 46.2 Å². The van der Waals surface area contributed by atoms with Gasteiger partial charge in [-0.25, -0.2) is 0 Å². The van der Waals surface area contributed by atoms with Gasteiger partial charge in [-0.1, -0.05) is 23.9 Å². The van der Waals surface area contributed by atoms with Crippen LogP contribution in [0.5, 0.6) is 5.75 Å². The highest BCUT2D eigenvalue weighted by molar-refractivity contribution is 7.99. The summed E-state index contributed by atoms with van der Waals surface area (Å²) in [6.45, 7) is 4.19. The van der Waals surface area contributed by atoms with E-state index in [1.165, 1.54) is 11.1 Å². The third-order valence-electron chi connectivity index (χ3n) is 2.92. The van der Waals surface area contributed by atoms with Crippen molar-refractivity contribution in [1.82, 2.24) is 0 Å². The van der Waals surface area contributed by atoms with Crippen LogP contribution in [-0.4, -0.2) is 7.11 Å². The van der Waals surface area contributed by atoms with E-state index >= 15 is 0 Å². The third kappa shape index (κ3) is 2.62. The van der Waals surface area contributed by atoms with Gasteiger partial charge in [0.1, 0.15) is 5.75 Å². The summed E-state index contributed by atoms with van der Waals surface area (Å²) in [5, 5.41) is 0. The number of benzene rings is 2. The van der Waals surface area contributed by atoms with Gasteiger partial charge in [0, 0.05) is 10.6 Å². The Labute approximate surface area is 112 Å². The van der Waals surface area contributed by atoms with Crippen LogP contribution in [-0.2, 0) is 0 Å². The first-order valence-electron chi connectivity index (χ1n) is 5.79. The van der Waals surface area contributed by atoms with Crippen molar-refractivity contribution in [2.75, 3.05) is 12.8 Å². The molecule has 0 aliphatic heterocycles. The average Bonchev–Trinajstić information content (AvgIpc) is 2.36. The van der Waals surface area contributed by atoms with E-state index in [1.807, 2.05) is 24.3 Å². The highest BCUT2D eigenvalue weighted by Gasteiger charge is 2.09. The van der Waals surface area contributed by atoms with Crippen molar-refractivity contribution >= 4 is 17.4 Å². The minimum absolute atomic E-state index is 0.794. The second-order valence-corrected chi connectivity index (χ2v) is 5.31. The van der Waals surface area contributed by atoms with Crippen molar-refractivity contribution in [2.45, 2.75) is 23.6 Å². The maximum Gasteiger partial charge on any atom is 0.133 e. The van der Waals surface area contributed by atoms with Gasteiger partial charge in [-0.2, -0.15) is 0 Å². The Balaban J connectivity index is 2.40. The number of nitrogen functional groups attached to an aromatic ring is 1. The molecule has 0 aliphatic rings. The number of rotatable bonds is 3. The van der Waals surface area contributed by atoms with Crippen LogP contribution in [0.2, 0.25) is 0 Å². The molecule has 0 aromatic heterocycles. The lowest BCUT2D eigenvalue weighted by Gasteiger charge is -2.12. The van der Waals surface area contributed by atoms with Crippen LogP contribution in [0, 0.1) is 13.8 Å². The minimum Gasteiger partial charge on any atom is -0.496 e. The van der Waals surface area contributed by atoms with Crippen molar-refractivity contribution in [3.8, 4) is 5.75 Å². The van der Waals surface area contributed by atoms with Gasteiger partial charge in [0.25, 0.3) is 0 Å². The molecule has 2 rings (SSSR count). The van der Waals surface area contributed by atoms with Crippen LogP contribution in [0.3, 0.4) is 0 Å². The zero-order valence-electron chi connectivity index (χ0n) is 10.9. The number of nitrogens with two attached hydrogens (primary N) is 1. The largest absolute Gasteiger partial charge is 0.496 e. The average molecular weight is 259 g/mol. The normalized spacial score (nSPS) is 10.4. The van der Waals surface area contributed by atoms with Gasteiger partial charge in [0.2, 0.25) is 0 Å². The molecule has 0 atom stereocenters. The predicted octanol–water partition coefficient (Wildman–Crippen LogP) is 4.05. The maximum absolute atomic E-state index is 5.97. The Morgan fingerprint density at radius 1 is 1.00 bits per heavy atom. The van der Waals surface area contributed by atoms with Crippen LogP contribution in [0.25, 0.3) is 0 Å². The predicted molar refractivity (Wildman–Crippen MR) is 77.4 cm³/mol. The third-order valence-corrected chi connectivity index (χ3v) is 4.05. The first-order chi connectivity index (χ1) is 8.61. The van der Waals surface area contributed by atoms with Gasteiger partial charge in [0.05, 0.1) is 12.0 Å². The number of methoxy groups -OCH3 is 1. The van der Waals surface area contributed by atoms with Crippen molar-refractivity contribution < 1.29 is 4.74 Å². The fourth-order valence-electron chi connectivity index (χ4n) is 1.69. The first kappa shape index (κ1) is 12.8. The second-order valence-electron chi connectivity index (χ2n) is 4.23. The summed E-state index contributed by atoms with van der Waals surface area (Å²) < 4.78 is 5.43. The van der Waals surface area contributed by atoms with Gasteiger partial charge < -0.3 is 10.5 Å². The SMILES string of the molecule is COc1cc(C)c(C)cc1Sc1ccccc1N. The van der Waals surface area contributed by atoms with Crippen LogP contribution in [0.4, 0.5) is 5.69 Å². The molecule has 0 radical (unpaired) electrons. The van der Waals surface area contributed by atoms with E-state index in [0.29, 0.717) is 0 Å². The van der Waals surface area contributed by atoms with Crippen molar-refractivity contribution in [2.24, 2.45) is 0 Å². The van der Waals surface area contributed by atoms with E-state index in [1.54, 1.807) is 18.9 Å². The topological polar surface area (TPSA) is 35.2 Å². The van der Waals surface area contributed by atoms with Gasteiger partial charge in [0.15, 0.2) is 0 Å². The quantitative estimate of drug-likeness (QED) is 0.845. The number of hydrogen-bond donors (Lipinski definition) is 1. The molecular weight excluding hydrogens is 242 g/mol. The number of anilines is 1. The Morgan fingerprint density at radius 3 is 2.33 bits per heavy atom. The Kier molecular flexibility index (Phi) is 3.82. The maximum atomic E-state index is 5.97. The molecule has 94 valence electrons. The summed E-state index contributed by atoms with van der Waals surface area (Å²) in [5.74, 6) is 0.895. The number of ether oxygens (including phenoxy) is 1. The lowest BCUT2D eigenvalue weighted by atomic mass is 10.1. The molecule has 2 aromatic carbocycles. The highest BCUT2D eigenvalue weighted by Crippen LogP contribution is 2.38. The fourth-order valence-corrected chi connectivity index (χ4v) is 2.74. The fraction of sp³-hybridized carbons (Fsp3) is 0.200. The van der Waals surface area contributed by atoms with Gasteiger partial charge in [-0.15, -0.1) is 0 Å². The van der Waals surface area contributed by atoms with Gasteiger partial charge >= 0.3 is 0 Å². The highest BCUT2D eigenvalue weighted by atomic mass is 32.2. The lowest BCUT2D eigenvalue weighted by Crippen LogP contribution is -1.92. The molecule has 0 spiro atoms. The molecule has 0 fully saturated rings. The summed E-state index contributed by atoms with van der Waals surface area (Å²) in [7, 11) is 1.70. The molecule has 0 aliphatic carbocycles. The van der Waals surface area contributed by atoms with E-state index in [0.717, 1.165) is 21.2 Å².